The average Bonchev–Trinajstić information content (AvgIpc) is 2.67. The molecule has 1 saturated heterocycles. The van der Waals surface area contributed by atoms with Crippen molar-refractivity contribution in [3.05, 3.63) is 28.3 Å². The van der Waals surface area contributed by atoms with Crippen molar-refractivity contribution in [3.8, 4) is 0 Å². The maximum absolute atomic E-state index is 11.3. The largest absolute Gasteiger partial charge is 0.361 e. The predicted octanol–water partition coefficient (Wildman–Crippen LogP) is 2.26. The van der Waals surface area contributed by atoms with Crippen LogP contribution < -0.4 is 16.2 Å². The third kappa shape index (κ3) is 1.99. The summed E-state index contributed by atoms with van der Waals surface area (Å²) < 4.78 is 0. The van der Waals surface area contributed by atoms with Gasteiger partial charge in [-0.05, 0) is 38.8 Å². The monoisotopic (exact) mass is 250 g/mol. The summed E-state index contributed by atoms with van der Waals surface area (Å²) in [7, 11) is 0. The van der Waals surface area contributed by atoms with E-state index in [9.17, 15) is 10.1 Å². The van der Waals surface area contributed by atoms with Crippen LogP contribution in [0.4, 0.5) is 17.1 Å². The molecule has 1 aromatic rings. The maximum Gasteiger partial charge on any atom is 0.316 e. The zero-order valence-electron chi connectivity index (χ0n) is 10.6. The first kappa shape index (κ1) is 12.6. The highest BCUT2D eigenvalue weighted by Crippen LogP contribution is 2.41. The number of anilines is 2. The summed E-state index contributed by atoms with van der Waals surface area (Å²) in [5.41, 5.74) is 3.38. The molecule has 1 aliphatic rings. The molecule has 6 nitrogen and oxygen atoms in total. The maximum atomic E-state index is 11.3. The number of nitro benzene ring substituents is 1. The van der Waals surface area contributed by atoms with Crippen LogP contribution >= 0.6 is 0 Å². The van der Waals surface area contributed by atoms with Gasteiger partial charge in [-0.3, -0.25) is 16.0 Å². The van der Waals surface area contributed by atoms with Gasteiger partial charge in [-0.15, -0.1) is 0 Å². The molecular weight excluding hydrogens is 232 g/mol. The molecule has 0 aromatic heterocycles. The van der Waals surface area contributed by atoms with Gasteiger partial charge in [0.05, 0.1) is 4.92 Å². The first-order chi connectivity index (χ1) is 8.47. The summed E-state index contributed by atoms with van der Waals surface area (Å²) in [6.45, 7) is 5.04. The van der Waals surface area contributed by atoms with Gasteiger partial charge in [0.15, 0.2) is 0 Å². The molecule has 0 amide bonds. The number of hydrazine groups is 1. The van der Waals surface area contributed by atoms with Crippen molar-refractivity contribution in [1.29, 1.82) is 0 Å². The summed E-state index contributed by atoms with van der Waals surface area (Å²) >= 11 is 0. The highest BCUT2D eigenvalue weighted by molar-refractivity contribution is 5.77. The minimum Gasteiger partial charge on any atom is -0.361 e. The van der Waals surface area contributed by atoms with Crippen LogP contribution in [0.2, 0.25) is 0 Å². The lowest BCUT2D eigenvalue weighted by atomic mass is 10.0. The molecule has 0 aliphatic carbocycles. The Morgan fingerprint density at radius 2 is 2.22 bits per heavy atom. The van der Waals surface area contributed by atoms with E-state index in [1.807, 2.05) is 0 Å². The molecule has 1 heterocycles. The standard InChI is InChI=1S/C12H18N4O2/c1-12(2)7-4-8-15(12)10-6-3-5-9(14-13)11(10)16(17)18/h3,5-6,14H,4,7-8,13H2,1-2H3. The van der Waals surface area contributed by atoms with E-state index in [1.54, 1.807) is 18.2 Å². The van der Waals surface area contributed by atoms with Gasteiger partial charge < -0.3 is 10.3 Å². The Morgan fingerprint density at radius 1 is 1.50 bits per heavy atom. The Hall–Kier alpha value is -1.82. The third-order valence-corrected chi connectivity index (χ3v) is 3.54. The molecule has 0 radical (unpaired) electrons. The molecule has 1 aliphatic heterocycles. The summed E-state index contributed by atoms with van der Waals surface area (Å²) in [5, 5.41) is 11.3. The molecule has 6 heteroatoms. The van der Waals surface area contributed by atoms with Gasteiger partial charge in [0.25, 0.3) is 0 Å². The number of nitrogen functional groups attached to an aromatic ring is 1. The van der Waals surface area contributed by atoms with Crippen molar-refractivity contribution in [2.45, 2.75) is 32.2 Å². The van der Waals surface area contributed by atoms with Gasteiger partial charge >= 0.3 is 5.69 Å². The van der Waals surface area contributed by atoms with Gasteiger partial charge in [-0.25, -0.2) is 0 Å². The van der Waals surface area contributed by atoms with Crippen molar-refractivity contribution in [2.24, 2.45) is 5.84 Å². The summed E-state index contributed by atoms with van der Waals surface area (Å²) in [4.78, 5) is 13.0. The first-order valence-electron chi connectivity index (χ1n) is 5.99. The van der Waals surface area contributed by atoms with Crippen molar-refractivity contribution >= 4 is 17.1 Å². The van der Waals surface area contributed by atoms with Crippen LogP contribution in [0.25, 0.3) is 0 Å². The predicted molar refractivity (Wildman–Crippen MR) is 71.6 cm³/mol. The number of nitro groups is 1. The fourth-order valence-corrected chi connectivity index (χ4v) is 2.61. The molecule has 0 saturated carbocycles. The Balaban J connectivity index is 2.54. The van der Waals surface area contributed by atoms with Crippen LogP contribution in [-0.4, -0.2) is 17.0 Å². The molecule has 0 spiro atoms. The number of rotatable bonds is 3. The first-order valence-corrected chi connectivity index (χ1v) is 5.99. The molecule has 0 unspecified atom stereocenters. The summed E-state index contributed by atoms with van der Waals surface area (Å²) in [5.74, 6) is 5.35. The molecule has 2 rings (SSSR count). The summed E-state index contributed by atoms with van der Waals surface area (Å²) in [6.07, 6.45) is 2.08. The van der Waals surface area contributed by atoms with Crippen molar-refractivity contribution < 1.29 is 4.92 Å². The minimum atomic E-state index is -0.376. The average molecular weight is 250 g/mol. The molecule has 1 aromatic carbocycles. The number of nitrogens with zero attached hydrogens (tertiary/aromatic N) is 2. The Bertz CT molecular complexity index is 473. The Morgan fingerprint density at radius 3 is 2.72 bits per heavy atom. The minimum absolute atomic E-state index is 0.0509. The lowest BCUT2D eigenvalue weighted by Crippen LogP contribution is -2.38. The van der Waals surface area contributed by atoms with Crippen LogP contribution in [0.1, 0.15) is 26.7 Å². The molecule has 0 bridgehead atoms. The topological polar surface area (TPSA) is 84.4 Å². The second-order valence-electron chi connectivity index (χ2n) is 5.14. The van der Waals surface area contributed by atoms with Crippen LogP contribution in [-0.2, 0) is 0 Å². The number of nitrogens with two attached hydrogens (primary N) is 1. The molecule has 98 valence electrons. The van der Waals surface area contributed by atoms with E-state index in [4.69, 9.17) is 5.84 Å². The smallest absolute Gasteiger partial charge is 0.316 e. The highest BCUT2D eigenvalue weighted by Gasteiger charge is 2.36. The second kappa shape index (κ2) is 4.45. The lowest BCUT2D eigenvalue weighted by Gasteiger charge is -2.33. The number of hydrogen-bond donors (Lipinski definition) is 2. The van der Waals surface area contributed by atoms with Crippen LogP contribution in [0.5, 0.6) is 0 Å². The zero-order chi connectivity index (χ0) is 13.3. The Labute approximate surface area is 106 Å². The van der Waals surface area contributed by atoms with Crippen molar-refractivity contribution in [3.63, 3.8) is 0 Å². The Kier molecular flexibility index (Phi) is 3.13. The number of hydrogen-bond acceptors (Lipinski definition) is 5. The molecule has 3 N–H and O–H groups in total. The van der Waals surface area contributed by atoms with E-state index in [-0.39, 0.29) is 16.1 Å². The van der Waals surface area contributed by atoms with Crippen LogP contribution in [0.3, 0.4) is 0 Å². The molecule has 1 fully saturated rings. The quantitative estimate of drug-likeness (QED) is 0.488. The van der Waals surface area contributed by atoms with Gasteiger partial charge in [0.1, 0.15) is 11.4 Å². The number of para-hydroxylation sites is 1. The van der Waals surface area contributed by atoms with Gasteiger partial charge in [0.2, 0.25) is 0 Å². The SMILES string of the molecule is CC1(C)CCCN1c1cccc(NN)c1[N+](=O)[O-]. The van der Waals surface area contributed by atoms with Gasteiger partial charge in [-0.2, -0.15) is 0 Å². The molecular formula is C12H18N4O2. The van der Waals surface area contributed by atoms with E-state index in [0.717, 1.165) is 19.4 Å². The van der Waals surface area contributed by atoms with Gasteiger partial charge in [0, 0.05) is 12.1 Å². The van der Waals surface area contributed by atoms with E-state index < -0.39 is 0 Å². The fourth-order valence-electron chi connectivity index (χ4n) is 2.61. The molecule has 18 heavy (non-hydrogen) atoms. The van der Waals surface area contributed by atoms with E-state index >= 15 is 0 Å². The number of benzene rings is 1. The molecule has 0 atom stereocenters. The summed E-state index contributed by atoms with van der Waals surface area (Å²) in [6, 6.07) is 5.18. The van der Waals surface area contributed by atoms with E-state index in [1.165, 1.54) is 0 Å². The van der Waals surface area contributed by atoms with Crippen molar-refractivity contribution in [2.75, 3.05) is 16.9 Å². The number of nitrogens with one attached hydrogen (secondary N) is 1. The van der Waals surface area contributed by atoms with Crippen LogP contribution in [0.15, 0.2) is 18.2 Å². The van der Waals surface area contributed by atoms with Crippen LogP contribution in [0, 0.1) is 10.1 Å². The van der Waals surface area contributed by atoms with E-state index in [2.05, 4.69) is 24.2 Å². The lowest BCUT2D eigenvalue weighted by molar-refractivity contribution is -0.383. The highest BCUT2D eigenvalue weighted by atomic mass is 16.6. The normalized spacial score (nSPS) is 17.8. The van der Waals surface area contributed by atoms with Gasteiger partial charge in [-0.1, -0.05) is 6.07 Å². The third-order valence-electron chi connectivity index (χ3n) is 3.54. The van der Waals surface area contributed by atoms with E-state index in [0.29, 0.717) is 11.4 Å². The fraction of sp³-hybridized carbons (Fsp3) is 0.500. The zero-order valence-corrected chi connectivity index (χ0v) is 10.6. The van der Waals surface area contributed by atoms with Crippen molar-refractivity contribution in [1.82, 2.24) is 0 Å². The second-order valence-corrected chi connectivity index (χ2v) is 5.14.